The molecule has 1 aromatic rings. The minimum absolute atomic E-state index is 0.0181. The van der Waals surface area contributed by atoms with Crippen LogP contribution in [0.2, 0.25) is 0 Å². The minimum atomic E-state index is -0.811. The van der Waals surface area contributed by atoms with Crippen molar-refractivity contribution in [2.45, 2.75) is 44.7 Å². The molecule has 0 heterocycles. The summed E-state index contributed by atoms with van der Waals surface area (Å²) >= 11 is 0. The SMILES string of the molecule is CCN(CC(=O)O)C1CC(NC(=O)CCc2ccc(OC)c(OC)c2)C1. The van der Waals surface area contributed by atoms with Crippen LogP contribution in [0.15, 0.2) is 18.2 Å². The molecule has 0 radical (unpaired) electrons. The molecule has 0 spiro atoms. The number of carbonyl (C=O) groups is 2. The van der Waals surface area contributed by atoms with E-state index in [4.69, 9.17) is 14.6 Å². The van der Waals surface area contributed by atoms with Gasteiger partial charge in [0.15, 0.2) is 11.5 Å². The highest BCUT2D eigenvalue weighted by molar-refractivity contribution is 5.76. The third-order valence-electron chi connectivity index (χ3n) is 4.83. The van der Waals surface area contributed by atoms with Gasteiger partial charge in [-0.15, -0.1) is 0 Å². The van der Waals surface area contributed by atoms with E-state index >= 15 is 0 Å². The molecule has 0 atom stereocenters. The highest BCUT2D eigenvalue weighted by Crippen LogP contribution is 2.28. The average molecular weight is 364 g/mol. The second-order valence-electron chi connectivity index (χ2n) is 6.54. The van der Waals surface area contributed by atoms with Crippen molar-refractivity contribution in [2.24, 2.45) is 0 Å². The van der Waals surface area contributed by atoms with Gasteiger partial charge in [-0.2, -0.15) is 0 Å². The van der Waals surface area contributed by atoms with Crippen molar-refractivity contribution in [1.82, 2.24) is 10.2 Å². The summed E-state index contributed by atoms with van der Waals surface area (Å²) in [5.74, 6) is 0.534. The Morgan fingerprint density at radius 1 is 1.23 bits per heavy atom. The largest absolute Gasteiger partial charge is 0.493 e. The first-order valence-corrected chi connectivity index (χ1v) is 8.92. The Bertz CT molecular complexity index is 628. The maximum Gasteiger partial charge on any atom is 0.317 e. The minimum Gasteiger partial charge on any atom is -0.493 e. The topological polar surface area (TPSA) is 88.1 Å². The number of aryl methyl sites for hydroxylation is 1. The van der Waals surface area contributed by atoms with Crippen molar-refractivity contribution in [3.63, 3.8) is 0 Å². The highest BCUT2D eigenvalue weighted by Gasteiger charge is 2.34. The summed E-state index contributed by atoms with van der Waals surface area (Å²) in [5.41, 5.74) is 1.02. The molecular weight excluding hydrogens is 336 g/mol. The average Bonchev–Trinajstić information content (AvgIpc) is 2.60. The van der Waals surface area contributed by atoms with Crippen LogP contribution in [0.1, 0.15) is 31.7 Å². The second kappa shape index (κ2) is 9.43. The van der Waals surface area contributed by atoms with E-state index in [1.54, 1.807) is 14.2 Å². The summed E-state index contributed by atoms with van der Waals surface area (Å²) in [4.78, 5) is 24.9. The lowest BCUT2D eigenvalue weighted by atomic mass is 9.85. The fourth-order valence-electron chi connectivity index (χ4n) is 3.27. The fourth-order valence-corrected chi connectivity index (χ4v) is 3.27. The number of carbonyl (C=O) groups excluding carboxylic acids is 1. The summed E-state index contributed by atoms with van der Waals surface area (Å²) in [6, 6.07) is 6.04. The Morgan fingerprint density at radius 3 is 2.50 bits per heavy atom. The molecule has 1 fully saturated rings. The van der Waals surface area contributed by atoms with E-state index in [-0.39, 0.29) is 24.5 Å². The Hall–Kier alpha value is -2.28. The van der Waals surface area contributed by atoms with Crippen LogP contribution in [-0.2, 0) is 16.0 Å². The van der Waals surface area contributed by atoms with E-state index in [9.17, 15) is 9.59 Å². The first kappa shape index (κ1) is 20.0. The third kappa shape index (κ3) is 5.36. The number of nitrogens with one attached hydrogen (secondary N) is 1. The van der Waals surface area contributed by atoms with E-state index in [2.05, 4.69) is 5.32 Å². The fraction of sp³-hybridized carbons (Fsp3) is 0.579. The van der Waals surface area contributed by atoms with Crippen molar-refractivity contribution < 1.29 is 24.2 Å². The maximum atomic E-state index is 12.1. The highest BCUT2D eigenvalue weighted by atomic mass is 16.5. The lowest BCUT2D eigenvalue weighted by Crippen LogP contribution is -2.54. The van der Waals surface area contributed by atoms with Crippen LogP contribution >= 0.6 is 0 Å². The molecule has 0 saturated heterocycles. The zero-order chi connectivity index (χ0) is 19.1. The lowest BCUT2D eigenvalue weighted by Gasteiger charge is -2.42. The van der Waals surface area contributed by atoms with Crippen molar-refractivity contribution in [2.75, 3.05) is 27.3 Å². The molecule has 1 aromatic carbocycles. The van der Waals surface area contributed by atoms with Gasteiger partial charge in [-0.3, -0.25) is 14.5 Å². The number of hydrogen-bond acceptors (Lipinski definition) is 5. The van der Waals surface area contributed by atoms with Gasteiger partial charge in [0.2, 0.25) is 5.91 Å². The third-order valence-corrected chi connectivity index (χ3v) is 4.83. The number of rotatable bonds is 10. The normalized spacial score (nSPS) is 18.9. The summed E-state index contributed by atoms with van der Waals surface area (Å²) in [6.07, 6.45) is 2.65. The summed E-state index contributed by atoms with van der Waals surface area (Å²) in [5, 5.41) is 11.9. The maximum absolute atomic E-state index is 12.1. The van der Waals surface area contributed by atoms with Gasteiger partial charge in [0.05, 0.1) is 20.8 Å². The van der Waals surface area contributed by atoms with Gasteiger partial charge >= 0.3 is 5.97 Å². The summed E-state index contributed by atoms with van der Waals surface area (Å²) in [6.45, 7) is 2.72. The lowest BCUT2D eigenvalue weighted by molar-refractivity contribution is -0.139. The van der Waals surface area contributed by atoms with Crippen molar-refractivity contribution in [3.05, 3.63) is 23.8 Å². The molecule has 7 heteroatoms. The molecule has 0 aromatic heterocycles. The molecule has 1 aliphatic rings. The van der Waals surface area contributed by atoms with Crippen LogP contribution in [-0.4, -0.2) is 61.3 Å². The monoisotopic (exact) mass is 364 g/mol. The standard InChI is InChI=1S/C19H28N2O5/c1-4-21(12-19(23)24)15-10-14(11-15)20-18(22)8-6-13-5-7-16(25-2)17(9-13)26-3/h5,7,9,14-15H,4,6,8,10-12H2,1-3H3,(H,20,22)(H,23,24). The molecule has 1 aliphatic carbocycles. The number of benzene rings is 1. The van der Waals surface area contributed by atoms with E-state index in [0.29, 0.717) is 30.9 Å². The zero-order valence-electron chi connectivity index (χ0n) is 15.7. The summed E-state index contributed by atoms with van der Waals surface area (Å²) < 4.78 is 10.5. The first-order valence-electron chi connectivity index (χ1n) is 8.92. The molecule has 144 valence electrons. The molecule has 7 nitrogen and oxygen atoms in total. The van der Waals surface area contributed by atoms with Crippen molar-refractivity contribution >= 4 is 11.9 Å². The van der Waals surface area contributed by atoms with Crippen LogP contribution in [0, 0.1) is 0 Å². The number of methoxy groups -OCH3 is 2. The molecule has 0 aliphatic heterocycles. The Labute approximate surface area is 154 Å². The predicted octanol–water partition coefficient (Wildman–Crippen LogP) is 1.69. The quantitative estimate of drug-likeness (QED) is 0.657. The smallest absolute Gasteiger partial charge is 0.317 e. The van der Waals surface area contributed by atoms with Crippen LogP contribution < -0.4 is 14.8 Å². The van der Waals surface area contributed by atoms with Gasteiger partial charge in [0.25, 0.3) is 0 Å². The molecule has 2 N–H and O–H groups in total. The molecule has 0 unspecified atom stereocenters. The molecule has 1 saturated carbocycles. The Balaban J connectivity index is 1.74. The van der Waals surface area contributed by atoms with Gasteiger partial charge in [-0.05, 0) is 43.5 Å². The number of carboxylic acid groups (broad SMARTS) is 1. The van der Waals surface area contributed by atoms with Crippen LogP contribution in [0.5, 0.6) is 11.5 Å². The second-order valence-corrected chi connectivity index (χ2v) is 6.54. The molecule has 0 bridgehead atoms. The van der Waals surface area contributed by atoms with E-state index in [1.165, 1.54) is 0 Å². The predicted molar refractivity (Wildman–Crippen MR) is 97.7 cm³/mol. The first-order chi connectivity index (χ1) is 12.5. The molecular formula is C19H28N2O5. The van der Waals surface area contributed by atoms with Gasteiger partial charge in [-0.25, -0.2) is 0 Å². The molecule has 26 heavy (non-hydrogen) atoms. The zero-order valence-corrected chi connectivity index (χ0v) is 15.7. The van der Waals surface area contributed by atoms with Gasteiger partial charge in [0.1, 0.15) is 0 Å². The van der Waals surface area contributed by atoms with Crippen molar-refractivity contribution in [1.29, 1.82) is 0 Å². The molecule has 2 rings (SSSR count). The Kier molecular flexibility index (Phi) is 7.26. The number of nitrogens with zero attached hydrogens (tertiary/aromatic N) is 1. The van der Waals surface area contributed by atoms with E-state index in [0.717, 1.165) is 18.4 Å². The number of carboxylic acids is 1. The summed E-state index contributed by atoms with van der Waals surface area (Å²) in [7, 11) is 3.18. The molecule has 1 amide bonds. The Morgan fingerprint density at radius 2 is 1.92 bits per heavy atom. The number of likely N-dealkylation sites (N-methyl/N-ethyl adjacent to an activating group) is 1. The number of amides is 1. The van der Waals surface area contributed by atoms with Crippen LogP contribution in [0.25, 0.3) is 0 Å². The van der Waals surface area contributed by atoms with Crippen LogP contribution in [0.3, 0.4) is 0 Å². The number of hydrogen-bond donors (Lipinski definition) is 2. The van der Waals surface area contributed by atoms with Crippen molar-refractivity contribution in [3.8, 4) is 11.5 Å². The van der Waals surface area contributed by atoms with E-state index in [1.807, 2.05) is 30.0 Å². The van der Waals surface area contributed by atoms with Gasteiger partial charge < -0.3 is 19.9 Å². The van der Waals surface area contributed by atoms with E-state index < -0.39 is 5.97 Å². The van der Waals surface area contributed by atoms with Gasteiger partial charge in [-0.1, -0.05) is 13.0 Å². The number of ether oxygens (including phenoxy) is 2. The van der Waals surface area contributed by atoms with Gasteiger partial charge in [0, 0.05) is 18.5 Å². The number of aliphatic carboxylic acids is 1. The van der Waals surface area contributed by atoms with Crippen LogP contribution in [0.4, 0.5) is 0 Å².